The Bertz CT molecular complexity index is 313. The second kappa shape index (κ2) is 7.39. The summed E-state index contributed by atoms with van der Waals surface area (Å²) in [5.41, 5.74) is 1.28. The van der Waals surface area contributed by atoms with E-state index < -0.39 is 8.32 Å². The van der Waals surface area contributed by atoms with Crippen molar-refractivity contribution in [2.24, 2.45) is 5.92 Å². The standard InChI is InChI=1S/C16H32O2Si/c1-9-13(2)15(14(3)11-10-12-17)18-19(7,8)16(4,5)6/h9,12,14-15H,10-11H2,1-8H3/b13-9+/t14-,15+/m0/s1. The van der Waals surface area contributed by atoms with Gasteiger partial charge in [-0.3, -0.25) is 0 Å². The smallest absolute Gasteiger partial charge is 0.192 e. The van der Waals surface area contributed by atoms with Crippen molar-refractivity contribution < 1.29 is 9.22 Å². The van der Waals surface area contributed by atoms with E-state index in [-0.39, 0.29) is 11.1 Å². The molecule has 0 saturated heterocycles. The first-order valence-corrected chi connectivity index (χ1v) is 10.2. The third kappa shape index (κ3) is 5.61. The van der Waals surface area contributed by atoms with Crippen molar-refractivity contribution in [2.45, 2.75) is 78.6 Å². The molecule has 0 N–H and O–H groups in total. The first-order valence-electron chi connectivity index (χ1n) is 7.31. The SMILES string of the molecule is C/C=C(\C)[C@@H](O[Si](C)(C)C(C)(C)C)[C@@H](C)CCC=O. The first kappa shape index (κ1) is 18.6. The van der Waals surface area contributed by atoms with Crippen molar-refractivity contribution in [1.82, 2.24) is 0 Å². The van der Waals surface area contributed by atoms with Gasteiger partial charge in [0.2, 0.25) is 0 Å². The van der Waals surface area contributed by atoms with Crippen molar-refractivity contribution in [3.05, 3.63) is 11.6 Å². The van der Waals surface area contributed by atoms with Crippen LogP contribution in [0.3, 0.4) is 0 Å². The molecule has 19 heavy (non-hydrogen) atoms. The Hall–Kier alpha value is -0.413. The van der Waals surface area contributed by atoms with Crippen LogP contribution in [0.25, 0.3) is 0 Å². The lowest BCUT2D eigenvalue weighted by Crippen LogP contribution is -2.45. The van der Waals surface area contributed by atoms with Gasteiger partial charge in [-0.15, -0.1) is 0 Å². The molecular formula is C16H32O2Si. The van der Waals surface area contributed by atoms with E-state index in [1.54, 1.807) is 0 Å². The van der Waals surface area contributed by atoms with Crippen LogP contribution in [0.15, 0.2) is 11.6 Å². The Labute approximate surface area is 120 Å². The lowest BCUT2D eigenvalue weighted by Gasteiger charge is -2.41. The van der Waals surface area contributed by atoms with Crippen LogP contribution in [0, 0.1) is 5.92 Å². The number of hydrogen-bond donors (Lipinski definition) is 0. The van der Waals surface area contributed by atoms with E-state index in [0.717, 1.165) is 12.7 Å². The molecule has 0 aliphatic carbocycles. The van der Waals surface area contributed by atoms with Crippen molar-refractivity contribution >= 4 is 14.6 Å². The van der Waals surface area contributed by atoms with Gasteiger partial charge in [0.1, 0.15) is 6.29 Å². The third-order valence-electron chi connectivity index (χ3n) is 4.39. The fourth-order valence-corrected chi connectivity index (χ4v) is 3.21. The fraction of sp³-hybridized carbons (Fsp3) is 0.812. The minimum atomic E-state index is -1.78. The second-order valence-corrected chi connectivity index (χ2v) is 11.8. The molecular weight excluding hydrogens is 252 g/mol. The van der Waals surface area contributed by atoms with E-state index in [1.807, 2.05) is 0 Å². The molecule has 0 fully saturated rings. The van der Waals surface area contributed by atoms with Crippen LogP contribution in [-0.2, 0) is 9.22 Å². The number of rotatable bonds is 7. The quantitative estimate of drug-likeness (QED) is 0.375. The summed E-state index contributed by atoms with van der Waals surface area (Å²) >= 11 is 0. The summed E-state index contributed by atoms with van der Waals surface area (Å²) in [7, 11) is -1.78. The van der Waals surface area contributed by atoms with Gasteiger partial charge in [0.15, 0.2) is 8.32 Å². The van der Waals surface area contributed by atoms with Gasteiger partial charge in [-0.1, -0.05) is 33.8 Å². The zero-order chi connectivity index (χ0) is 15.3. The van der Waals surface area contributed by atoms with Crippen LogP contribution in [-0.4, -0.2) is 20.7 Å². The van der Waals surface area contributed by atoms with Gasteiger partial charge in [0.05, 0.1) is 6.10 Å². The number of aldehydes is 1. The minimum Gasteiger partial charge on any atom is -0.410 e. The summed E-state index contributed by atoms with van der Waals surface area (Å²) in [5.74, 6) is 0.385. The molecule has 0 saturated carbocycles. The van der Waals surface area contributed by atoms with E-state index in [9.17, 15) is 4.79 Å². The van der Waals surface area contributed by atoms with Crippen LogP contribution >= 0.6 is 0 Å². The van der Waals surface area contributed by atoms with Crippen LogP contribution in [0.4, 0.5) is 0 Å². The van der Waals surface area contributed by atoms with Crippen molar-refractivity contribution in [3.63, 3.8) is 0 Å². The van der Waals surface area contributed by atoms with E-state index in [4.69, 9.17) is 4.43 Å². The van der Waals surface area contributed by atoms with Crippen LogP contribution in [0.1, 0.15) is 54.4 Å². The van der Waals surface area contributed by atoms with Gasteiger partial charge in [-0.2, -0.15) is 0 Å². The van der Waals surface area contributed by atoms with Crippen LogP contribution in [0.5, 0.6) is 0 Å². The predicted molar refractivity (Wildman–Crippen MR) is 86.0 cm³/mol. The van der Waals surface area contributed by atoms with Gasteiger partial charge < -0.3 is 9.22 Å². The Morgan fingerprint density at radius 3 is 2.21 bits per heavy atom. The Balaban J connectivity index is 5.03. The van der Waals surface area contributed by atoms with Gasteiger partial charge >= 0.3 is 0 Å². The molecule has 3 heteroatoms. The summed E-state index contributed by atoms with van der Waals surface area (Å²) in [6, 6.07) is 0. The van der Waals surface area contributed by atoms with E-state index in [1.165, 1.54) is 5.57 Å². The molecule has 0 unspecified atom stereocenters. The van der Waals surface area contributed by atoms with Crippen molar-refractivity contribution in [2.75, 3.05) is 0 Å². The third-order valence-corrected chi connectivity index (χ3v) is 8.84. The van der Waals surface area contributed by atoms with Gasteiger partial charge in [0, 0.05) is 6.42 Å². The van der Waals surface area contributed by atoms with Crippen molar-refractivity contribution in [3.8, 4) is 0 Å². The van der Waals surface area contributed by atoms with E-state index in [2.05, 4.69) is 60.7 Å². The Morgan fingerprint density at radius 1 is 1.32 bits per heavy atom. The summed E-state index contributed by atoms with van der Waals surface area (Å²) in [5, 5.41) is 0.212. The van der Waals surface area contributed by atoms with E-state index in [0.29, 0.717) is 12.3 Å². The van der Waals surface area contributed by atoms with Crippen LogP contribution < -0.4 is 0 Å². The normalized spacial score (nSPS) is 17.2. The molecule has 0 heterocycles. The molecule has 0 aliphatic heterocycles. The predicted octanol–water partition coefficient (Wildman–Crippen LogP) is 4.96. The molecule has 2 atom stereocenters. The monoisotopic (exact) mass is 284 g/mol. The molecule has 0 radical (unpaired) electrons. The maximum atomic E-state index is 10.6. The molecule has 2 nitrogen and oxygen atoms in total. The fourth-order valence-electron chi connectivity index (χ4n) is 1.80. The summed E-state index contributed by atoms with van der Waals surface area (Å²) < 4.78 is 6.57. The maximum absolute atomic E-state index is 10.6. The average molecular weight is 285 g/mol. The zero-order valence-electron chi connectivity index (χ0n) is 14.0. The topological polar surface area (TPSA) is 26.3 Å². The number of carbonyl (C=O) groups is 1. The molecule has 0 bridgehead atoms. The molecule has 0 aliphatic rings. The second-order valence-electron chi connectivity index (χ2n) is 7.05. The largest absolute Gasteiger partial charge is 0.410 e. The summed E-state index contributed by atoms with van der Waals surface area (Å²) in [6.07, 6.45) is 4.80. The Morgan fingerprint density at radius 2 is 1.84 bits per heavy atom. The van der Waals surface area contributed by atoms with Gasteiger partial charge in [-0.25, -0.2) is 0 Å². The van der Waals surface area contributed by atoms with Crippen molar-refractivity contribution in [1.29, 1.82) is 0 Å². The molecule has 0 spiro atoms. The highest BCUT2D eigenvalue weighted by Crippen LogP contribution is 2.39. The number of allylic oxidation sites excluding steroid dienone is 1. The molecule has 0 rings (SSSR count). The lowest BCUT2D eigenvalue weighted by molar-refractivity contribution is -0.108. The Kier molecular flexibility index (Phi) is 7.23. The minimum absolute atomic E-state index is 0.144. The summed E-state index contributed by atoms with van der Waals surface area (Å²) in [6.45, 7) is 17.7. The van der Waals surface area contributed by atoms with Gasteiger partial charge in [-0.05, 0) is 49.9 Å². The maximum Gasteiger partial charge on any atom is 0.192 e. The number of carbonyl (C=O) groups excluding carboxylic acids is 1. The first-order chi connectivity index (χ1) is 8.56. The molecule has 112 valence electrons. The average Bonchev–Trinajstić information content (AvgIpc) is 2.30. The van der Waals surface area contributed by atoms with E-state index >= 15 is 0 Å². The van der Waals surface area contributed by atoms with Gasteiger partial charge in [0.25, 0.3) is 0 Å². The highest BCUT2D eigenvalue weighted by molar-refractivity contribution is 6.74. The molecule has 0 amide bonds. The lowest BCUT2D eigenvalue weighted by atomic mass is 9.94. The summed E-state index contributed by atoms with van der Waals surface area (Å²) in [4.78, 5) is 10.6. The van der Waals surface area contributed by atoms with Crippen LogP contribution in [0.2, 0.25) is 18.1 Å². The molecule has 0 aromatic carbocycles. The highest BCUT2D eigenvalue weighted by atomic mass is 28.4. The molecule has 0 aromatic rings. The molecule has 0 aromatic heterocycles. The zero-order valence-corrected chi connectivity index (χ0v) is 15.0. The number of hydrogen-bond acceptors (Lipinski definition) is 2. The highest BCUT2D eigenvalue weighted by Gasteiger charge is 2.40.